The van der Waals surface area contributed by atoms with E-state index in [9.17, 15) is 14.7 Å². The Hall–Kier alpha value is -5.49. The average molecular weight is 730 g/mol. The lowest BCUT2D eigenvalue weighted by atomic mass is 9.92. The zero-order chi connectivity index (χ0) is 36.8. The van der Waals surface area contributed by atoms with Crippen LogP contribution in [0.1, 0.15) is 37.5 Å². The third-order valence-corrected chi connectivity index (χ3v) is 10.8. The molecule has 2 aliphatic heterocycles. The Morgan fingerprint density at radius 1 is 0.962 bits per heavy atom. The smallest absolute Gasteiger partial charge is 0.267 e. The van der Waals surface area contributed by atoms with Crippen LogP contribution in [0.2, 0.25) is 5.02 Å². The summed E-state index contributed by atoms with van der Waals surface area (Å²) >= 11 is 6.65. The summed E-state index contributed by atoms with van der Waals surface area (Å²) in [6.07, 6.45) is 4.34. The summed E-state index contributed by atoms with van der Waals surface area (Å²) in [5.74, 6) is -0.189. The molecule has 1 N–H and O–H groups in total. The molecule has 11 nitrogen and oxygen atoms in total. The fourth-order valence-corrected chi connectivity index (χ4v) is 7.68. The van der Waals surface area contributed by atoms with Crippen LogP contribution in [-0.2, 0) is 31.8 Å². The molecule has 1 saturated heterocycles. The largest absolute Gasteiger partial charge is 0.508 e. The molecule has 12 heteroatoms. The number of hydrogen-bond donors (Lipinski definition) is 1. The van der Waals surface area contributed by atoms with E-state index in [-0.39, 0.29) is 29.6 Å². The minimum atomic E-state index is -0.363. The van der Waals surface area contributed by atoms with Crippen molar-refractivity contribution in [2.75, 3.05) is 37.7 Å². The first-order valence-electron chi connectivity index (χ1n) is 17.7. The monoisotopic (exact) mass is 729 g/mol. The van der Waals surface area contributed by atoms with Crippen molar-refractivity contribution in [3.8, 4) is 17.0 Å². The van der Waals surface area contributed by atoms with Gasteiger partial charge >= 0.3 is 0 Å². The highest BCUT2D eigenvalue weighted by Gasteiger charge is 2.34. The topological polar surface area (TPSA) is 109 Å². The lowest BCUT2D eigenvalue weighted by Gasteiger charge is -2.40. The van der Waals surface area contributed by atoms with Crippen molar-refractivity contribution in [3.05, 3.63) is 124 Å². The van der Waals surface area contributed by atoms with Crippen molar-refractivity contribution in [1.82, 2.24) is 28.9 Å². The molecule has 2 aliphatic rings. The molecule has 3 aromatic heterocycles. The number of nitrogens with zero attached hydrogens (tertiary/aromatic N) is 7. The van der Waals surface area contributed by atoms with E-state index in [4.69, 9.17) is 21.3 Å². The van der Waals surface area contributed by atoms with E-state index in [0.29, 0.717) is 64.1 Å². The number of aromatic hydroxyl groups is 1. The summed E-state index contributed by atoms with van der Waals surface area (Å²) in [5, 5.41) is 10.5. The minimum Gasteiger partial charge on any atom is -0.508 e. The number of halogens is 1. The van der Waals surface area contributed by atoms with Crippen LogP contribution in [0.3, 0.4) is 0 Å². The summed E-state index contributed by atoms with van der Waals surface area (Å²) in [5.41, 5.74) is 7.31. The fourth-order valence-electron chi connectivity index (χ4n) is 7.50. The van der Waals surface area contributed by atoms with Gasteiger partial charge in [0.05, 0.1) is 41.7 Å². The normalized spacial score (nSPS) is 16.2. The number of anilines is 2. The Morgan fingerprint density at radius 3 is 2.49 bits per heavy atom. The number of rotatable bonds is 7. The number of morpholine rings is 1. The first-order chi connectivity index (χ1) is 25.7. The van der Waals surface area contributed by atoms with E-state index in [1.54, 1.807) is 36.5 Å². The maximum Gasteiger partial charge on any atom is 0.267 e. The molecule has 1 atom stereocenters. The second-order valence-electron chi connectivity index (χ2n) is 13.8. The van der Waals surface area contributed by atoms with Gasteiger partial charge in [-0.05, 0) is 79.1 Å². The van der Waals surface area contributed by atoms with E-state index in [2.05, 4.69) is 28.1 Å². The predicted molar refractivity (Wildman–Crippen MR) is 205 cm³/mol. The molecule has 0 aliphatic carbocycles. The van der Waals surface area contributed by atoms with E-state index in [0.717, 1.165) is 37.1 Å². The van der Waals surface area contributed by atoms with Gasteiger partial charge in [0, 0.05) is 80.1 Å². The van der Waals surface area contributed by atoms with Gasteiger partial charge in [0.2, 0.25) is 5.95 Å². The number of phenolic OH excluding ortho intramolecular Hbond substituents is 1. The zero-order valence-electron chi connectivity index (χ0n) is 29.9. The SMILES string of the molecule is Cc1c(C(=O)N(c2ccc(O)cc2)c2ncc3c(ccn3C)n2)cc(-c2cc(Cl)ccc2C(=O)N2Cc3ccccc3C[C@H]2CN2CCOCC2)n1C. The Kier molecular flexibility index (Phi) is 9.23. The molecule has 0 saturated carbocycles. The highest BCUT2D eigenvalue weighted by molar-refractivity contribution is 6.31. The maximum absolute atomic E-state index is 14.8. The molecule has 53 heavy (non-hydrogen) atoms. The van der Waals surface area contributed by atoms with Gasteiger partial charge in [-0.1, -0.05) is 35.9 Å². The van der Waals surface area contributed by atoms with Gasteiger partial charge in [0.15, 0.2) is 0 Å². The van der Waals surface area contributed by atoms with Gasteiger partial charge in [-0.25, -0.2) is 14.9 Å². The van der Waals surface area contributed by atoms with Crippen LogP contribution in [0, 0.1) is 6.92 Å². The van der Waals surface area contributed by atoms with Crippen LogP contribution in [0.25, 0.3) is 22.3 Å². The standard InChI is InChI=1S/C41H40ClN7O4/c1-26-34(40(52)49(30-9-11-32(50)12-10-30)41-43-23-38-36(44-41)14-15-45(38)2)22-37(46(26)3)35-21-29(42)8-13-33(35)39(51)48-24-28-7-5-4-6-27(28)20-31(48)25-47-16-18-53-19-17-47/h4-15,21-23,31,50H,16-20,24-25H2,1-3H3/t31-/m0/s1. The Morgan fingerprint density at radius 2 is 1.72 bits per heavy atom. The van der Waals surface area contributed by atoms with Crippen molar-refractivity contribution in [3.63, 3.8) is 0 Å². The molecule has 8 rings (SSSR count). The highest BCUT2D eigenvalue weighted by atomic mass is 35.5. The molecular weight excluding hydrogens is 690 g/mol. The van der Waals surface area contributed by atoms with Gasteiger partial charge in [0.1, 0.15) is 5.75 Å². The summed E-state index contributed by atoms with van der Waals surface area (Å²) in [6.45, 7) is 6.15. The average Bonchev–Trinajstić information content (AvgIpc) is 3.69. The van der Waals surface area contributed by atoms with E-state index < -0.39 is 0 Å². The van der Waals surface area contributed by atoms with Crippen LogP contribution in [-0.4, -0.2) is 84.7 Å². The number of amides is 2. The Labute approximate surface area is 312 Å². The van der Waals surface area contributed by atoms with Crippen LogP contribution < -0.4 is 4.90 Å². The minimum absolute atomic E-state index is 0.0351. The number of carbonyl (C=O) groups excluding carboxylic acids is 2. The molecule has 0 spiro atoms. The number of phenols is 1. The first-order valence-corrected chi connectivity index (χ1v) is 18.1. The highest BCUT2D eigenvalue weighted by Crippen LogP contribution is 2.36. The lowest BCUT2D eigenvalue weighted by Crippen LogP contribution is -2.52. The van der Waals surface area contributed by atoms with Gasteiger partial charge in [-0.3, -0.25) is 14.5 Å². The molecule has 270 valence electrons. The molecular formula is C41H40ClN7O4. The third kappa shape index (κ3) is 6.56. The van der Waals surface area contributed by atoms with E-state index in [1.807, 2.05) is 59.4 Å². The zero-order valence-corrected chi connectivity index (χ0v) is 30.6. The molecule has 0 bridgehead atoms. The maximum atomic E-state index is 14.8. The molecule has 3 aromatic carbocycles. The fraction of sp³-hybridized carbons (Fsp3) is 0.268. The quantitative estimate of drug-likeness (QED) is 0.199. The molecule has 2 amide bonds. The number of carbonyl (C=O) groups is 2. The molecule has 1 fully saturated rings. The summed E-state index contributed by atoms with van der Waals surface area (Å²) < 4.78 is 9.44. The lowest BCUT2D eigenvalue weighted by molar-refractivity contribution is 0.0193. The van der Waals surface area contributed by atoms with Gasteiger partial charge in [-0.15, -0.1) is 0 Å². The van der Waals surface area contributed by atoms with Gasteiger partial charge in [-0.2, -0.15) is 0 Å². The van der Waals surface area contributed by atoms with Gasteiger partial charge < -0.3 is 23.9 Å². The number of aromatic nitrogens is 4. The van der Waals surface area contributed by atoms with Crippen molar-refractivity contribution < 1.29 is 19.4 Å². The Balaban J connectivity index is 1.18. The van der Waals surface area contributed by atoms with Crippen molar-refractivity contribution in [2.24, 2.45) is 14.1 Å². The second-order valence-corrected chi connectivity index (χ2v) is 14.2. The number of hydrogen-bond acceptors (Lipinski definition) is 7. The number of fused-ring (bicyclic) bond motifs is 2. The molecule has 6 aromatic rings. The van der Waals surface area contributed by atoms with E-state index >= 15 is 0 Å². The number of benzene rings is 3. The molecule has 0 unspecified atom stereocenters. The molecule has 0 radical (unpaired) electrons. The van der Waals surface area contributed by atoms with E-state index in [1.165, 1.54) is 22.6 Å². The van der Waals surface area contributed by atoms with Crippen LogP contribution in [0.4, 0.5) is 11.6 Å². The summed E-state index contributed by atoms with van der Waals surface area (Å²) in [4.78, 5) is 44.7. The second kappa shape index (κ2) is 14.1. The number of ether oxygens (including phenoxy) is 1. The van der Waals surface area contributed by atoms with Crippen LogP contribution in [0.15, 0.2) is 91.3 Å². The van der Waals surface area contributed by atoms with Crippen LogP contribution >= 0.6 is 11.6 Å². The number of aryl methyl sites for hydroxylation is 1. The summed E-state index contributed by atoms with van der Waals surface area (Å²) in [7, 11) is 3.79. The first kappa shape index (κ1) is 34.6. The van der Waals surface area contributed by atoms with Crippen LogP contribution in [0.5, 0.6) is 5.75 Å². The summed E-state index contributed by atoms with van der Waals surface area (Å²) in [6, 6.07) is 23.7. The van der Waals surface area contributed by atoms with Crippen molar-refractivity contribution in [1.29, 1.82) is 0 Å². The van der Waals surface area contributed by atoms with Crippen molar-refractivity contribution >= 4 is 46.1 Å². The molecule has 5 heterocycles. The predicted octanol–water partition coefficient (Wildman–Crippen LogP) is 6.52. The van der Waals surface area contributed by atoms with Crippen molar-refractivity contribution in [2.45, 2.75) is 25.9 Å². The third-order valence-electron chi connectivity index (χ3n) is 10.6. The van der Waals surface area contributed by atoms with Gasteiger partial charge in [0.25, 0.3) is 11.8 Å². The Bertz CT molecular complexity index is 2340.